The van der Waals surface area contributed by atoms with Crippen molar-refractivity contribution in [2.45, 2.75) is 44.3 Å². The molecule has 0 spiro atoms. The average Bonchev–Trinajstić information content (AvgIpc) is 2.04. The Morgan fingerprint density at radius 3 is 2.31 bits per heavy atom. The highest BCUT2D eigenvalue weighted by molar-refractivity contribution is 7.93. The third-order valence-corrected chi connectivity index (χ3v) is 4.81. The summed E-state index contributed by atoms with van der Waals surface area (Å²) in [4.78, 5) is 10.8. The molecule has 13 heavy (non-hydrogen) atoms. The molecular weight excluding hydrogens is 186 g/mol. The summed E-state index contributed by atoms with van der Waals surface area (Å²) in [6, 6.07) is 0. The van der Waals surface area contributed by atoms with Gasteiger partial charge in [-0.3, -0.25) is 4.79 Å². The van der Waals surface area contributed by atoms with Gasteiger partial charge in [0.1, 0.15) is 0 Å². The van der Waals surface area contributed by atoms with Gasteiger partial charge in [0.25, 0.3) is 5.91 Å². The Morgan fingerprint density at radius 1 is 1.31 bits per heavy atom. The SMILES string of the molecule is CC(=O)N=S(C)(=O)C1CCCCC1. The van der Waals surface area contributed by atoms with Crippen LogP contribution >= 0.6 is 0 Å². The summed E-state index contributed by atoms with van der Waals surface area (Å²) in [5.41, 5.74) is 0. The normalized spacial score (nSPS) is 23.5. The highest BCUT2D eigenvalue weighted by Crippen LogP contribution is 2.24. The lowest BCUT2D eigenvalue weighted by Crippen LogP contribution is -2.23. The summed E-state index contributed by atoms with van der Waals surface area (Å²) in [5.74, 6) is -0.307. The van der Waals surface area contributed by atoms with E-state index in [2.05, 4.69) is 4.36 Å². The first-order valence-corrected chi connectivity index (χ1v) is 6.72. The van der Waals surface area contributed by atoms with Crippen molar-refractivity contribution < 1.29 is 9.00 Å². The predicted molar refractivity (Wildman–Crippen MR) is 54.0 cm³/mol. The van der Waals surface area contributed by atoms with Crippen LogP contribution in [0.25, 0.3) is 0 Å². The van der Waals surface area contributed by atoms with Crippen LogP contribution in [0.3, 0.4) is 0 Å². The number of hydrogen-bond donors (Lipinski definition) is 0. The van der Waals surface area contributed by atoms with Crippen molar-refractivity contribution in [2.75, 3.05) is 6.26 Å². The van der Waals surface area contributed by atoms with Crippen molar-refractivity contribution >= 4 is 15.6 Å². The molecule has 0 aromatic carbocycles. The molecular formula is C9H17NO2S. The van der Waals surface area contributed by atoms with E-state index in [9.17, 15) is 9.00 Å². The van der Waals surface area contributed by atoms with Gasteiger partial charge < -0.3 is 0 Å². The number of carbonyl (C=O) groups excluding carboxylic acids is 1. The van der Waals surface area contributed by atoms with Crippen molar-refractivity contribution in [3.63, 3.8) is 0 Å². The number of hydrogen-bond acceptors (Lipinski definition) is 2. The zero-order chi connectivity index (χ0) is 9.90. The largest absolute Gasteiger partial charge is 0.272 e. The molecule has 0 aromatic rings. The van der Waals surface area contributed by atoms with E-state index in [4.69, 9.17) is 0 Å². The smallest absolute Gasteiger partial charge is 0.250 e. The first kappa shape index (κ1) is 10.7. The van der Waals surface area contributed by atoms with E-state index in [1.54, 1.807) is 6.26 Å². The van der Waals surface area contributed by atoms with Crippen molar-refractivity contribution in [2.24, 2.45) is 4.36 Å². The molecule has 1 aliphatic carbocycles. The van der Waals surface area contributed by atoms with Gasteiger partial charge in [-0.15, -0.1) is 0 Å². The van der Waals surface area contributed by atoms with Crippen LogP contribution < -0.4 is 0 Å². The second kappa shape index (κ2) is 4.22. The number of rotatable bonds is 1. The van der Waals surface area contributed by atoms with E-state index >= 15 is 0 Å². The van der Waals surface area contributed by atoms with Gasteiger partial charge in [-0.2, -0.15) is 4.36 Å². The molecule has 1 rings (SSSR count). The lowest BCUT2D eigenvalue weighted by Gasteiger charge is -2.22. The second-order valence-corrected chi connectivity index (χ2v) is 6.30. The van der Waals surface area contributed by atoms with Gasteiger partial charge >= 0.3 is 0 Å². The fraction of sp³-hybridized carbons (Fsp3) is 0.889. The predicted octanol–water partition coefficient (Wildman–Crippen LogP) is 1.96. The first-order valence-electron chi connectivity index (χ1n) is 4.74. The summed E-state index contributed by atoms with van der Waals surface area (Å²) in [7, 11) is -2.26. The third-order valence-electron chi connectivity index (χ3n) is 2.48. The molecule has 76 valence electrons. The van der Waals surface area contributed by atoms with E-state index < -0.39 is 9.73 Å². The Labute approximate surface area is 80.1 Å². The Hall–Kier alpha value is -0.380. The van der Waals surface area contributed by atoms with Crippen LogP contribution in [0.15, 0.2) is 4.36 Å². The van der Waals surface area contributed by atoms with Gasteiger partial charge in [0, 0.05) is 18.4 Å². The Balaban J connectivity index is 2.78. The maximum atomic E-state index is 12.0. The van der Waals surface area contributed by atoms with E-state index in [-0.39, 0.29) is 11.2 Å². The Bertz CT molecular complexity index is 297. The van der Waals surface area contributed by atoms with Gasteiger partial charge in [-0.25, -0.2) is 4.21 Å². The number of nitrogens with zero attached hydrogens (tertiary/aromatic N) is 1. The number of carbonyl (C=O) groups is 1. The van der Waals surface area contributed by atoms with E-state index in [0.29, 0.717) is 0 Å². The lowest BCUT2D eigenvalue weighted by molar-refractivity contribution is -0.115. The van der Waals surface area contributed by atoms with Crippen molar-refractivity contribution in [3.05, 3.63) is 0 Å². The van der Waals surface area contributed by atoms with Gasteiger partial charge in [0.05, 0.1) is 9.73 Å². The topological polar surface area (TPSA) is 46.5 Å². The molecule has 0 aliphatic heterocycles. The molecule has 0 heterocycles. The standard InChI is InChI=1S/C9H17NO2S/c1-8(11)10-13(2,12)9-6-4-3-5-7-9/h9H,3-7H2,1-2H3. The fourth-order valence-corrected chi connectivity index (χ4v) is 3.70. The van der Waals surface area contributed by atoms with Crippen LogP contribution in [-0.2, 0) is 14.5 Å². The second-order valence-electron chi connectivity index (χ2n) is 3.73. The molecule has 0 bridgehead atoms. The minimum atomic E-state index is -2.26. The summed E-state index contributed by atoms with van der Waals surface area (Å²) in [6.07, 6.45) is 7.03. The summed E-state index contributed by atoms with van der Waals surface area (Å²) < 4.78 is 15.7. The maximum absolute atomic E-state index is 12.0. The minimum Gasteiger partial charge on any atom is -0.272 e. The van der Waals surface area contributed by atoms with E-state index in [0.717, 1.165) is 25.7 Å². The van der Waals surface area contributed by atoms with Crippen molar-refractivity contribution in [3.8, 4) is 0 Å². The molecule has 4 heteroatoms. The van der Waals surface area contributed by atoms with Crippen LogP contribution in [0, 0.1) is 0 Å². The summed E-state index contributed by atoms with van der Waals surface area (Å²) in [5, 5.41) is 0.144. The van der Waals surface area contributed by atoms with Crippen LogP contribution in [0.1, 0.15) is 39.0 Å². The maximum Gasteiger partial charge on any atom is 0.250 e. The molecule has 0 saturated heterocycles. The molecule has 1 aliphatic rings. The molecule has 1 fully saturated rings. The van der Waals surface area contributed by atoms with Gasteiger partial charge in [-0.05, 0) is 12.8 Å². The molecule has 0 N–H and O–H groups in total. The highest BCUT2D eigenvalue weighted by Gasteiger charge is 2.21. The lowest BCUT2D eigenvalue weighted by atomic mass is 10.0. The molecule has 1 amide bonds. The first-order chi connectivity index (χ1) is 6.02. The van der Waals surface area contributed by atoms with Crippen LogP contribution in [-0.4, -0.2) is 21.6 Å². The van der Waals surface area contributed by atoms with Crippen molar-refractivity contribution in [1.29, 1.82) is 0 Å². The summed E-state index contributed by atoms with van der Waals surface area (Å²) in [6.45, 7) is 1.37. The Morgan fingerprint density at radius 2 is 1.85 bits per heavy atom. The number of amides is 1. The minimum absolute atomic E-state index is 0.144. The molecule has 1 saturated carbocycles. The molecule has 1 atom stereocenters. The zero-order valence-corrected chi connectivity index (χ0v) is 9.10. The van der Waals surface area contributed by atoms with Crippen LogP contribution in [0.2, 0.25) is 0 Å². The van der Waals surface area contributed by atoms with Gasteiger partial charge in [0.15, 0.2) is 0 Å². The molecule has 0 aromatic heterocycles. The summed E-state index contributed by atoms with van der Waals surface area (Å²) >= 11 is 0. The Kier molecular flexibility index (Phi) is 3.47. The molecule has 3 nitrogen and oxygen atoms in total. The highest BCUT2D eigenvalue weighted by atomic mass is 32.2. The monoisotopic (exact) mass is 203 g/mol. The van der Waals surface area contributed by atoms with E-state index in [1.165, 1.54) is 13.3 Å². The van der Waals surface area contributed by atoms with Gasteiger partial charge in [-0.1, -0.05) is 19.3 Å². The van der Waals surface area contributed by atoms with Crippen LogP contribution in [0.5, 0.6) is 0 Å². The van der Waals surface area contributed by atoms with E-state index in [1.807, 2.05) is 0 Å². The quantitative estimate of drug-likeness (QED) is 0.654. The average molecular weight is 203 g/mol. The van der Waals surface area contributed by atoms with Crippen molar-refractivity contribution in [1.82, 2.24) is 0 Å². The van der Waals surface area contributed by atoms with Crippen LogP contribution in [0.4, 0.5) is 0 Å². The van der Waals surface area contributed by atoms with Gasteiger partial charge in [0.2, 0.25) is 0 Å². The third kappa shape index (κ3) is 3.10. The zero-order valence-electron chi connectivity index (χ0n) is 8.28. The molecule has 1 unspecified atom stereocenters. The fourth-order valence-electron chi connectivity index (χ4n) is 1.83. The molecule has 0 radical (unpaired) electrons.